The maximum atomic E-state index is 13.9. The van der Waals surface area contributed by atoms with E-state index in [2.05, 4.69) is 0 Å². The Morgan fingerprint density at radius 1 is 0.824 bits per heavy atom. The standard InChI is InChI=1S/C37H46O14/c1-18-25(46-19(2)38)16-36(34(7,8)51-33(43)24-13-11-10-12-14-24)28(18)29(49-22(5)41)31(50-23(6)42)35(9)26(47-20(3)39)15-27(48-21(4)40)37(44)17-45-32(36)30(35)37/h10-14,26-32,44H,15-17H2,1-9H3/t26-,27-,28?,29+,30-,31-,32-,35+,36-,37-/m0/s1. The van der Waals surface area contributed by atoms with E-state index >= 15 is 0 Å². The van der Waals surface area contributed by atoms with E-state index in [1.807, 2.05) is 0 Å². The van der Waals surface area contributed by atoms with Gasteiger partial charge in [0.15, 0.2) is 0 Å². The van der Waals surface area contributed by atoms with Gasteiger partial charge in [-0.1, -0.05) is 25.1 Å². The largest absolute Gasteiger partial charge is 0.462 e. The first-order valence-electron chi connectivity index (χ1n) is 16.9. The monoisotopic (exact) mass is 714 g/mol. The van der Waals surface area contributed by atoms with Crippen molar-refractivity contribution in [2.24, 2.45) is 22.7 Å². The Morgan fingerprint density at radius 3 is 1.94 bits per heavy atom. The molecule has 0 amide bonds. The van der Waals surface area contributed by atoms with Gasteiger partial charge in [-0.3, -0.25) is 24.0 Å². The molecular formula is C37H46O14. The van der Waals surface area contributed by atoms with Gasteiger partial charge in [-0.25, -0.2) is 4.79 Å². The van der Waals surface area contributed by atoms with E-state index in [-0.39, 0.29) is 24.2 Å². The molecule has 1 heterocycles. The van der Waals surface area contributed by atoms with Gasteiger partial charge in [0.05, 0.1) is 29.1 Å². The molecule has 0 spiro atoms. The molecule has 5 rings (SSSR count). The fraction of sp³-hybridized carbons (Fsp3) is 0.622. The molecule has 0 radical (unpaired) electrons. The molecule has 4 aliphatic rings. The van der Waals surface area contributed by atoms with Gasteiger partial charge >= 0.3 is 35.8 Å². The second kappa shape index (κ2) is 13.4. The number of allylic oxidation sites excluding steroid dienone is 1. The second-order valence-electron chi connectivity index (χ2n) is 14.8. The molecule has 14 heteroatoms. The second-order valence-corrected chi connectivity index (χ2v) is 14.8. The number of benzene rings is 1. The highest BCUT2D eigenvalue weighted by Gasteiger charge is 2.81. The third-order valence-electron chi connectivity index (χ3n) is 11.3. The van der Waals surface area contributed by atoms with E-state index in [1.165, 1.54) is 34.6 Å². The quantitative estimate of drug-likeness (QED) is 0.305. The number of ether oxygens (including phenoxy) is 7. The predicted octanol–water partition coefficient (Wildman–Crippen LogP) is 3.36. The van der Waals surface area contributed by atoms with Gasteiger partial charge in [0.2, 0.25) is 0 Å². The van der Waals surface area contributed by atoms with Gasteiger partial charge < -0.3 is 38.3 Å². The zero-order chi connectivity index (χ0) is 37.8. The van der Waals surface area contributed by atoms with Gasteiger partial charge in [0.25, 0.3) is 0 Å². The Hall–Kier alpha value is -4.30. The minimum atomic E-state index is -2.00. The van der Waals surface area contributed by atoms with Gasteiger partial charge in [0, 0.05) is 59.3 Å². The summed E-state index contributed by atoms with van der Waals surface area (Å²) in [7, 11) is 0. The highest BCUT2D eigenvalue weighted by atomic mass is 16.6. The van der Waals surface area contributed by atoms with E-state index in [9.17, 15) is 33.9 Å². The molecule has 1 unspecified atom stereocenters. The molecule has 3 fully saturated rings. The van der Waals surface area contributed by atoms with Crippen molar-refractivity contribution in [1.82, 2.24) is 0 Å². The summed E-state index contributed by atoms with van der Waals surface area (Å²) in [5.74, 6) is -6.39. The Bertz CT molecular complexity index is 1650. The van der Waals surface area contributed by atoms with Crippen LogP contribution < -0.4 is 0 Å². The Morgan fingerprint density at radius 2 is 1.39 bits per heavy atom. The molecule has 1 aliphatic heterocycles. The summed E-state index contributed by atoms with van der Waals surface area (Å²) in [5.41, 5.74) is -6.08. The van der Waals surface area contributed by atoms with Crippen LogP contribution in [0.5, 0.6) is 0 Å². The Labute approximate surface area is 296 Å². The molecule has 1 saturated heterocycles. The lowest BCUT2D eigenvalue weighted by molar-refractivity contribution is -0.254. The zero-order valence-corrected chi connectivity index (χ0v) is 30.3. The molecule has 51 heavy (non-hydrogen) atoms. The van der Waals surface area contributed by atoms with E-state index in [0.29, 0.717) is 5.57 Å². The van der Waals surface area contributed by atoms with Crippen molar-refractivity contribution in [1.29, 1.82) is 0 Å². The summed E-state index contributed by atoms with van der Waals surface area (Å²) in [5, 5.41) is 12.8. The first kappa shape index (κ1) is 37.9. The third kappa shape index (κ3) is 6.19. The van der Waals surface area contributed by atoms with Gasteiger partial charge in [-0.15, -0.1) is 0 Å². The maximum absolute atomic E-state index is 13.9. The molecule has 1 aromatic rings. The molecule has 278 valence electrons. The van der Waals surface area contributed by atoms with E-state index in [4.69, 9.17) is 33.2 Å². The zero-order valence-electron chi connectivity index (χ0n) is 30.3. The molecule has 10 atom stereocenters. The van der Waals surface area contributed by atoms with Crippen LogP contribution in [0.2, 0.25) is 0 Å². The fourth-order valence-electron chi connectivity index (χ4n) is 9.51. The lowest BCUT2D eigenvalue weighted by Gasteiger charge is -2.57. The van der Waals surface area contributed by atoms with Crippen LogP contribution in [0.15, 0.2) is 41.7 Å². The summed E-state index contributed by atoms with van der Waals surface area (Å²) in [4.78, 5) is 77.7. The number of esters is 6. The van der Waals surface area contributed by atoms with Crippen LogP contribution in [0.3, 0.4) is 0 Å². The molecule has 14 nitrogen and oxygen atoms in total. The summed E-state index contributed by atoms with van der Waals surface area (Å²) in [6.07, 6.45) is -6.86. The minimum absolute atomic E-state index is 0.132. The number of hydrogen-bond acceptors (Lipinski definition) is 14. The van der Waals surface area contributed by atoms with Crippen LogP contribution >= 0.6 is 0 Å². The van der Waals surface area contributed by atoms with Crippen LogP contribution in [-0.2, 0) is 57.1 Å². The lowest BCUT2D eigenvalue weighted by atomic mass is 9.51. The Balaban J connectivity index is 1.88. The number of carbonyl (C=O) groups is 6. The van der Waals surface area contributed by atoms with Crippen molar-refractivity contribution in [2.45, 2.75) is 117 Å². The molecule has 0 bridgehead atoms. The van der Waals surface area contributed by atoms with E-state index in [0.717, 1.165) is 0 Å². The predicted molar refractivity (Wildman–Crippen MR) is 174 cm³/mol. The smallest absolute Gasteiger partial charge is 0.338 e. The molecule has 2 saturated carbocycles. The van der Waals surface area contributed by atoms with Crippen molar-refractivity contribution in [3.63, 3.8) is 0 Å². The molecule has 1 N–H and O–H groups in total. The van der Waals surface area contributed by atoms with Gasteiger partial charge in [-0.2, -0.15) is 0 Å². The van der Waals surface area contributed by atoms with E-state index < -0.39 is 107 Å². The van der Waals surface area contributed by atoms with Crippen LogP contribution in [0.4, 0.5) is 0 Å². The Kier molecular flexibility index (Phi) is 9.93. The molecule has 0 aromatic heterocycles. The maximum Gasteiger partial charge on any atom is 0.338 e. The number of hydrogen-bond donors (Lipinski definition) is 1. The lowest BCUT2D eigenvalue weighted by Crippen LogP contribution is -2.70. The highest BCUT2D eigenvalue weighted by molar-refractivity contribution is 5.89. The number of fused-ring (bicyclic) bond motifs is 2. The van der Waals surface area contributed by atoms with Crippen molar-refractivity contribution in [2.75, 3.05) is 6.61 Å². The van der Waals surface area contributed by atoms with E-state index in [1.54, 1.807) is 58.0 Å². The summed E-state index contributed by atoms with van der Waals surface area (Å²) >= 11 is 0. The van der Waals surface area contributed by atoms with Crippen molar-refractivity contribution in [3.05, 3.63) is 47.2 Å². The average Bonchev–Trinajstić information content (AvgIpc) is 3.50. The molecular weight excluding hydrogens is 668 g/mol. The first-order chi connectivity index (χ1) is 23.7. The van der Waals surface area contributed by atoms with Crippen molar-refractivity contribution < 1.29 is 67.0 Å². The number of rotatable bonds is 8. The van der Waals surface area contributed by atoms with Crippen LogP contribution in [0.1, 0.15) is 85.5 Å². The average molecular weight is 715 g/mol. The van der Waals surface area contributed by atoms with Crippen LogP contribution in [0, 0.1) is 22.7 Å². The highest BCUT2D eigenvalue weighted by Crippen LogP contribution is 2.70. The van der Waals surface area contributed by atoms with Crippen molar-refractivity contribution in [3.8, 4) is 0 Å². The minimum Gasteiger partial charge on any atom is -0.462 e. The van der Waals surface area contributed by atoms with Gasteiger partial charge in [0.1, 0.15) is 41.4 Å². The topological polar surface area (TPSA) is 187 Å². The fourth-order valence-corrected chi connectivity index (χ4v) is 9.51. The molecule has 3 aliphatic carbocycles. The SMILES string of the molecule is CC(=O)OC1=C(C)C2[C@@H](OC(C)=O)[C@H](OC(C)=O)[C@]3(C)[C@@H](OC(C)=O)C[C@H](OC(C)=O)[C@@]4(O)CO[C@@H]([C@H]43)[C@]2(C(C)(C)OC(=O)c2ccccc2)C1. The first-order valence-corrected chi connectivity index (χ1v) is 16.9. The van der Waals surface area contributed by atoms with Crippen LogP contribution in [0.25, 0.3) is 0 Å². The molecule has 1 aromatic carbocycles. The third-order valence-corrected chi connectivity index (χ3v) is 11.3. The van der Waals surface area contributed by atoms with Crippen LogP contribution in [-0.4, -0.2) is 89.3 Å². The van der Waals surface area contributed by atoms with Gasteiger partial charge in [-0.05, 0) is 38.5 Å². The summed E-state index contributed by atoms with van der Waals surface area (Å²) in [6, 6.07) is 8.26. The summed E-state index contributed by atoms with van der Waals surface area (Å²) in [6.45, 7) is 12.2. The normalized spacial score (nSPS) is 35.4. The summed E-state index contributed by atoms with van der Waals surface area (Å²) < 4.78 is 42.7. The van der Waals surface area contributed by atoms with Crippen molar-refractivity contribution >= 4 is 35.8 Å². The number of aliphatic hydroxyl groups is 1. The number of carbonyl (C=O) groups excluding carboxylic acids is 6.